The Labute approximate surface area is 55.0 Å². The van der Waals surface area contributed by atoms with E-state index in [-0.39, 0.29) is 15.8 Å². The van der Waals surface area contributed by atoms with Crippen molar-refractivity contribution in [3.05, 3.63) is 21.9 Å². The van der Waals surface area contributed by atoms with E-state index in [1.54, 1.807) is 0 Å². The number of hydrogen-bond acceptors (Lipinski definition) is 2. The van der Waals surface area contributed by atoms with Crippen LogP contribution < -0.4 is 0 Å². The molecule has 1 heterocycles. The summed E-state index contributed by atoms with van der Waals surface area (Å²) in [7, 11) is 0. The summed E-state index contributed by atoms with van der Waals surface area (Å²) in [6, 6.07) is 1.25. The summed E-state index contributed by atoms with van der Waals surface area (Å²) in [5.74, 6) is 0. The van der Waals surface area contributed by atoms with E-state index in [4.69, 9.17) is 10.8 Å². The Bertz CT molecular complexity index is 121. The molecule has 0 unspecified atom stereocenters. The second-order valence-electron chi connectivity index (χ2n) is 1.01. The maximum Gasteiger partial charge on any atom is 0.0831 e. The van der Waals surface area contributed by atoms with Crippen LogP contribution >= 0.6 is 0 Å². The predicted octanol–water partition coefficient (Wildman–Crippen LogP) is 0.782. The molecule has 0 aromatic carbocycles. The monoisotopic (exact) mass is 170 g/mol. The summed E-state index contributed by atoms with van der Waals surface area (Å²) in [5, 5.41) is 11.2. The first-order chi connectivity index (χ1) is 3.91. The molecule has 0 fully saturated rings. The molecule has 1 aliphatic heterocycles. The Kier molecular flexibility index (Phi) is 5.95. The molecule has 0 aromatic heterocycles. The maximum atomic E-state index is 5.62. The molecule has 0 spiro atoms. The van der Waals surface area contributed by atoms with E-state index in [0.29, 0.717) is 0 Å². The van der Waals surface area contributed by atoms with E-state index < -0.39 is 0 Å². The van der Waals surface area contributed by atoms with E-state index in [0.717, 1.165) is 0 Å². The summed E-state index contributed by atoms with van der Waals surface area (Å²) in [6.07, 6.45) is 4.22. The van der Waals surface area contributed by atoms with Crippen LogP contribution in [0.1, 0.15) is 0 Å². The number of hydrogen-bond donors (Lipinski definition) is 2. The average Bonchev–Trinajstić information content (AvgIpc) is 2.17. The van der Waals surface area contributed by atoms with Crippen molar-refractivity contribution in [1.29, 1.82) is 10.8 Å². The van der Waals surface area contributed by atoms with E-state index in [1.165, 1.54) is 6.01 Å². The molecule has 1 aliphatic rings. The standard InChI is InChI=1S/C4H5As.CH2N2/c1-2-4-5-3-1;2-1-3/h1-5H;2-3H. The van der Waals surface area contributed by atoms with Crippen molar-refractivity contribution >= 4 is 21.8 Å². The predicted molar refractivity (Wildman–Crippen MR) is 35.9 cm³/mol. The van der Waals surface area contributed by atoms with Crippen molar-refractivity contribution in [2.45, 2.75) is 0 Å². The van der Waals surface area contributed by atoms with Crippen LogP contribution in [0.5, 0.6) is 0 Å². The van der Waals surface area contributed by atoms with E-state index >= 15 is 0 Å². The third-order valence-corrected chi connectivity index (χ3v) is 2.11. The van der Waals surface area contributed by atoms with Crippen molar-refractivity contribution < 1.29 is 0 Å². The molecule has 8 heavy (non-hydrogen) atoms. The van der Waals surface area contributed by atoms with Crippen molar-refractivity contribution in [2.24, 2.45) is 0 Å². The molecule has 1 rings (SSSR count). The Morgan fingerprint density at radius 2 is 1.50 bits per heavy atom. The second-order valence-corrected chi connectivity index (χ2v) is 3.11. The minimum absolute atomic E-state index is 0.278. The minimum atomic E-state index is 0.278. The van der Waals surface area contributed by atoms with Gasteiger partial charge in [-0.15, -0.1) is 0 Å². The molecule has 0 aliphatic carbocycles. The van der Waals surface area contributed by atoms with Gasteiger partial charge in [0.15, 0.2) is 0 Å². The molecule has 0 bridgehead atoms. The molecule has 0 saturated heterocycles. The third kappa shape index (κ3) is 5.42. The van der Waals surface area contributed by atoms with Gasteiger partial charge in [0, 0.05) is 0 Å². The number of nitrogens with one attached hydrogen (secondary N) is 2. The first kappa shape index (κ1) is 7.42. The smallest absolute Gasteiger partial charge is 0.0831 e. The number of allylic oxidation sites excluding steroid dienone is 2. The molecular weight excluding hydrogens is 163 g/mol. The van der Waals surface area contributed by atoms with Gasteiger partial charge in [0.1, 0.15) is 0 Å². The fraction of sp³-hybridized carbons (Fsp3) is 0. The molecule has 0 aromatic rings. The largest absolute Gasteiger partial charge is 0.242 e. The Morgan fingerprint density at radius 1 is 1.12 bits per heavy atom. The molecular formula is C5H7AsN2. The molecule has 2 N–H and O–H groups in total. The fourth-order valence-corrected chi connectivity index (χ4v) is 1.44. The molecule has 42 valence electrons. The van der Waals surface area contributed by atoms with Crippen LogP contribution in [0.3, 0.4) is 0 Å². The van der Waals surface area contributed by atoms with Crippen molar-refractivity contribution in [1.82, 2.24) is 0 Å². The van der Waals surface area contributed by atoms with Crippen LogP contribution in [-0.2, 0) is 0 Å². The van der Waals surface area contributed by atoms with Crippen LogP contribution in [0, 0.1) is 10.8 Å². The van der Waals surface area contributed by atoms with Gasteiger partial charge >= 0.3 is 37.6 Å². The van der Waals surface area contributed by atoms with Crippen LogP contribution in [-0.4, -0.2) is 21.8 Å². The zero-order valence-corrected chi connectivity index (χ0v) is 6.41. The Morgan fingerprint density at radius 3 is 1.62 bits per heavy atom. The van der Waals surface area contributed by atoms with Gasteiger partial charge in [-0.3, -0.25) is 0 Å². The van der Waals surface area contributed by atoms with Gasteiger partial charge in [0.2, 0.25) is 0 Å². The molecule has 0 saturated carbocycles. The molecule has 3 heteroatoms. The molecule has 0 radical (unpaired) electrons. The third-order valence-electron chi connectivity index (χ3n) is 0.496. The van der Waals surface area contributed by atoms with Crippen LogP contribution in [0.25, 0.3) is 0 Å². The quantitative estimate of drug-likeness (QED) is 0.398. The SMILES string of the molecule is C1=C[AsH]C=C1.N=C=N. The minimum Gasteiger partial charge on any atom is -0.242 e. The van der Waals surface area contributed by atoms with E-state index in [9.17, 15) is 0 Å². The Hall–Kier alpha value is -0.582. The summed E-state index contributed by atoms with van der Waals surface area (Å²) in [6.45, 7) is 0. The van der Waals surface area contributed by atoms with Crippen LogP contribution in [0.15, 0.2) is 21.9 Å². The van der Waals surface area contributed by atoms with Gasteiger partial charge in [0.25, 0.3) is 0 Å². The van der Waals surface area contributed by atoms with Gasteiger partial charge in [-0.2, -0.15) is 0 Å². The second kappa shape index (κ2) is 6.42. The molecule has 0 atom stereocenters. The van der Waals surface area contributed by atoms with Gasteiger partial charge in [-0.1, -0.05) is 0 Å². The zero-order valence-electron chi connectivity index (χ0n) is 4.31. The summed E-state index contributed by atoms with van der Waals surface area (Å²) in [4.78, 5) is 4.50. The summed E-state index contributed by atoms with van der Waals surface area (Å²) >= 11 is 0.278. The molecule has 2 nitrogen and oxygen atoms in total. The first-order valence-corrected chi connectivity index (χ1v) is 4.50. The van der Waals surface area contributed by atoms with Gasteiger partial charge in [-0.05, 0) is 0 Å². The van der Waals surface area contributed by atoms with Crippen molar-refractivity contribution in [2.75, 3.05) is 0 Å². The molecule has 0 amide bonds. The van der Waals surface area contributed by atoms with Gasteiger partial charge in [0.05, 0.1) is 6.01 Å². The van der Waals surface area contributed by atoms with E-state index in [2.05, 4.69) is 21.9 Å². The summed E-state index contributed by atoms with van der Waals surface area (Å²) in [5.41, 5.74) is 0. The van der Waals surface area contributed by atoms with Crippen LogP contribution in [0.4, 0.5) is 0 Å². The fourth-order valence-electron chi connectivity index (χ4n) is 0.278. The summed E-state index contributed by atoms with van der Waals surface area (Å²) < 4.78 is 0. The van der Waals surface area contributed by atoms with Crippen molar-refractivity contribution in [3.63, 3.8) is 0 Å². The van der Waals surface area contributed by atoms with Crippen LogP contribution in [0.2, 0.25) is 0 Å². The van der Waals surface area contributed by atoms with Gasteiger partial charge < -0.3 is 0 Å². The normalized spacial score (nSPS) is 12.0. The first-order valence-electron chi connectivity index (χ1n) is 2.08. The number of rotatable bonds is 0. The van der Waals surface area contributed by atoms with Crippen molar-refractivity contribution in [3.8, 4) is 0 Å². The topological polar surface area (TPSA) is 47.7 Å². The zero-order chi connectivity index (χ0) is 6.24. The average molecular weight is 170 g/mol. The Balaban J connectivity index is 0.000000145. The maximum absolute atomic E-state index is 5.62. The van der Waals surface area contributed by atoms with E-state index in [1.807, 2.05) is 0 Å². The van der Waals surface area contributed by atoms with Gasteiger partial charge in [-0.25, -0.2) is 10.8 Å².